The molecule has 0 heterocycles. The fraction of sp³-hybridized carbons (Fsp3) is 0.972. The summed E-state index contributed by atoms with van der Waals surface area (Å²) in [6.45, 7) is 4.95. The van der Waals surface area contributed by atoms with Crippen molar-refractivity contribution in [3.63, 3.8) is 0 Å². The molecular weight excluding hydrogens is 589 g/mol. The SMILES string of the molecule is CCCCCCCCCCCCCCCCCOCC(COP(=O)(O)OCCN)OC(=O)CCCCCCCCCCCCC. The molecule has 3 N–H and O–H groups in total. The lowest BCUT2D eigenvalue weighted by Gasteiger charge is -2.20. The molecule has 0 fully saturated rings. The zero-order valence-corrected chi connectivity index (χ0v) is 30.5. The van der Waals surface area contributed by atoms with Crippen molar-refractivity contribution in [2.45, 2.75) is 193 Å². The number of unbranched alkanes of at least 4 members (excludes halogenated alkanes) is 24. The van der Waals surface area contributed by atoms with Crippen LogP contribution >= 0.6 is 7.82 Å². The molecule has 0 rings (SSSR count). The number of esters is 1. The van der Waals surface area contributed by atoms with Crippen LogP contribution in [0.25, 0.3) is 0 Å². The molecule has 0 aromatic carbocycles. The van der Waals surface area contributed by atoms with Crippen molar-refractivity contribution in [2.24, 2.45) is 5.73 Å². The number of hydrogen-bond acceptors (Lipinski definition) is 7. The molecule has 45 heavy (non-hydrogen) atoms. The predicted octanol–water partition coefficient (Wildman–Crippen LogP) is 10.6. The monoisotopic (exact) mass is 664 g/mol. The van der Waals surface area contributed by atoms with E-state index in [1.807, 2.05) is 0 Å². The van der Waals surface area contributed by atoms with Gasteiger partial charge in [0, 0.05) is 19.6 Å². The van der Waals surface area contributed by atoms with Crippen molar-refractivity contribution in [3.8, 4) is 0 Å². The molecule has 270 valence electrons. The minimum Gasteiger partial charge on any atom is -0.457 e. The lowest BCUT2D eigenvalue weighted by atomic mass is 10.0. The molecule has 2 atom stereocenters. The van der Waals surface area contributed by atoms with E-state index in [9.17, 15) is 14.3 Å². The van der Waals surface area contributed by atoms with Gasteiger partial charge in [0.1, 0.15) is 6.10 Å². The Kier molecular flexibility index (Phi) is 34.4. The van der Waals surface area contributed by atoms with Crippen LogP contribution in [-0.2, 0) is 27.9 Å². The number of phosphoric acid groups is 1. The van der Waals surface area contributed by atoms with E-state index in [-0.39, 0.29) is 32.3 Å². The maximum atomic E-state index is 12.5. The standard InChI is InChI=1S/C36H74NO7P/c1-3-5-7-9-11-13-15-16-17-18-20-22-24-26-28-31-41-33-35(34-43-45(39,40)42-32-30-37)44-36(38)29-27-25-23-21-19-14-12-10-8-6-4-2/h35H,3-34,37H2,1-2H3,(H,39,40). The van der Waals surface area contributed by atoms with Crippen LogP contribution in [0, 0.1) is 0 Å². The van der Waals surface area contributed by atoms with E-state index in [2.05, 4.69) is 13.8 Å². The highest BCUT2D eigenvalue weighted by Gasteiger charge is 2.25. The smallest absolute Gasteiger partial charge is 0.457 e. The Labute approximate surface area is 278 Å². The molecule has 8 nitrogen and oxygen atoms in total. The first kappa shape index (κ1) is 44.5. The second-order valence-electron chi connectivity index (χ2n) is 12.8. The van der Waals surface area contributed by atoms with Crippen LogP contribution in [0.2, 0.25) is 0 Å². The first-order valence-corrected chi connectivity index (χ1v) is 20.5. The van der Waals surface area contributed by atoms with Crippen LogP contribution in [0.1, 0.15) is 187 Å². The molecule has 0 aromatic rings. The molecule has 0 saturated heterocycles. The van der Waals surface area contributed by atoms with Crippen LogP contribution in [-0.4, -0.2) is 49.9 Å². The van der Waals surface area contributed by atoms with E-state index < -0.39 is 13.9 Å². The zero-order valence-electron chi connectivity index (χ0n) is 29.6. The van der Waals surface area contributed by atoms with E-state index in [4.69, 9.17) is 24.3 Å². The largest absolute Gasteiger partial charge is 0.472 e. The normalized spacial score (nSPS) is 13.6. The van der Waals surface area contributed by atoms with Crippen molar-refractivity contribution < 1.29 is 32.8 Å². The number of carbonyl (C=O) groups excluding carboxylic acids is 1. The number of carbonyl (C=O) groups is 1. The average molecular weight is 664 g/mol. The highest BCUT2D eigenvalue weighted by Crippen LogP contribution is 2.43. The molecule has 0 aliphatic carbocycles. The molecule has 0 aromatic heterocycles. The van der Waals surface area contributed by atoms with Crippen molar-refractivity contribution in [3.05, 3.63) is 0 Å². The molecule has 0 aliphatic rings. The molecule has 2 unspecified atom stereocenters. The van der Waals surface area contributed by atoms with Crippen molar-refractivity contribution in [2.75, 3.05) is 33.0 Å². The Morgan fingerprint density at radius 1 is 0.578 bits per heavy atom. The van der Waals surface area contributed by atoms with Crippen molar-refractivity contribution in [1.82, 2.24) is 0 Å². The van der Waals surface area contributed by atoms with Crippen LogP contribution in [0.5, 0.6) is 0 Å². The summed E-state index contributed by atoms with van der Waals surface area (Å²) in [7, 11) is -4.26. The number of nitrogens with two attached hydrogens (primary N) is 1. The van der Waals surface area contributed by atoms with E-state index >= 15 is 0 Å². The van der Waals surface area contributed by atoms with E-state index in [1.165, 1.54) is 135 Å². The van der Waals surface area contributed by atoms with E-state index in [0.29, 0.717) is 13.0 Å². The first-order valence-electron chi connectivity index (χ1n) is 19.0. The second-order valence-corrected chi connectivity index (χ2v) is 14.3. The fourth-order valence-electron chi connectivity index (χ4n) is 5.47. The topological polar surface area (TPSA) is 117 Å². The summed E-state index contributed by atoms with van der Waals surface area (Å²) >= 11 is 0. The van der Waals surface area contributed by atoms with Gasteiger partial charge in [0.15, 0.2) is 0 Å². The van der Waals surface area contributed by atoms with Gasteiger partial charge in [-0.05, 0) is 12.8 Å². The van der Waals surface area contributed by atoms with Gasteiger partial charge in [-0.2, -0.15) is 0 Å². The Morgan fingerprint density at radius 2 is 0.978 bits per heavy atom. The summed E-state index contributed by atoms with van der Waals surface area (Å²) in [5.74, 6) is -0.328. The third-order valence-corrected chi connectivity index (χ3v) is 9.26. The summed E-state index contributed by atoms with van der Waals surface area (Å²) in [5, 5.41) is 0. The van der Waals surface area contributed by atoms with Crippen LogP contribution in [0.15, 0.2) is 0 Å². The summed E-state index contributed by atoms with van der Waals surface area (Å²) in [5.41, 5.74) is 5.35. The van der Waals surface area contributed by atoms with Crippen molar-refractivity contribution >= 4 is 13.8 Å². The lowest BCUT2D eigenvalue weighted by Crippen LogP contribution is -2.28. The van der Waals surface area contributed by atoms with Gasteiger partial charge in [-0.3, -0.25) is 13.8 Å². The summed E-state index contributed by atoms with van der Waals surface area (Å²) in [6, 6.07) is 0. The second kappa shape index (κ2) is 34.8. The minimum absolute atomic E-state index is 0.0905. The number of rotatable bonds is 37. The molecule has 0 spiro atoms. The van der Waals surface area contributed by atoms with E-state index in [1.54, 1.807) is 0 Å². The van der Waals surface area contributed by atoms with Crippen LogP contribution in [0.3, 0.4) is 0 Å². The van der Waals surface area contributed by atoms with Gasteiger partial charge in [-0.15, -0.1) is 0 Å². The Morgan fingerprint density at radius 3 is 1.40 bits per heavy atom. The molecule has 0 saturated carbocycles. The quantitative estimate of drug-likeness (QED) is 0.0383. The van der Waals surface area contributed by atoms with Crippen LogP contribution in [0.4, 0.5) is 0 Å². The summed E-state index contributed by atoms with van der Waals surface area (Å²) in [4.78, 5) is 22.3. The Hall–Kier alpha value is -0.500. The van der Waals surface area contributed by atoms with Gasteiger partial charge in [0.25, 0.3) is 0 Å². The van der Waals surface area contributed by atoms with Gasteiger partial charge >= 0.3 is 13.8 Å². The van der Waals surface area contributed by atoms with Gasteiger partial charge in [-0.25, -0.2) is 4.57 Å². The first-order chi connectivity index (χ1) is 21.9. The van der Waals surface area contributed by atoms with Crippen molar-refractivity contribution in [1.29, 1.82) is 0 Å². The van der Waals surface area contributed by atoms with Gasteiger partial charge in [0.2, 0.25) is 0 Å². The fourth-order valence-corrected chi connectivity index (χ4v) is 6.23. The summed E-state index contributed by atoms with van der Waals surface area (Å²) < 4.78 is 33.3. The zero-order chi connectivity index (χ0) is 33.1. The highest BCUT2D eigenvalue weighted by molar-refractivity contribution is 7.47. The van der Waals surface area contributed by atoms with Gasteiger partial charge < -0.3 is 20.1 Å². The third kappa shape index (κ3) is 34.6. The molecule has 0 radical (unpaired) electrons. The molecule has 0 bridgehead atoms. The molecule has 0 amide bonds. The Balaban J connectivity index is 4.03. The molecule has 0 aliphatic heterocycles. The number of ether oxygens (including phenoxy) is 2. The maximum absolute atomic E-state index is 12.5. The number of hydrogen-bond donors (Lipinski definition) is 2. The van der Waals surface area contributed by atoms with Gasteiger partial charge in [-0.1, -0.05) is 168 Å². The lowest BCUT2D eigenvalue weighted by molar-refractivity contribution is -0.154. The molecular formula is C36H74NO7P. The van der Waals surface area contributed by atoms with E-state index in [0.717, 1.165) is 32.1 Å². The number of phosphoric ester groups is 1. The highest BCUT2D eigenvalue weighted by atomic mass is 31.2. The Bertz CT molecular complexity index is 667. The average Bonchev–Trinajstić information content (AvgIpc) is 3.02. The van der Waals surface area contributed by atoms with Crippen LogP contribution < -0.4 is 5.73 Å². The summed E-state index contributed by atoms with van der Waals surface area (Å²) in [6.07, 6.45) is 32.5. The third-order valence-electron chi connectivity index (χ3n) is 8.27. The minimum atomic E-state index is -4.26. The maximum Gasteiger partial charge on any atom is 0.472 e. The predicted molar refractivity (Wildman–Crippen MR) is 187 cm³/mol. The molecule has 9 heteroatoms. The van der Waals surface area contributed by atoms with Gasteiger partial charge in [0.05, 0.1) is 19.8 Å².